The molecule has 0 N–H and O–H groups in total. The molecule has 1 aromatic rings. The van der Waals surface area contributed by atoms with Gasteiger partial charge in [0.15, 0.2) is 17.3 Å². The third kappa shape index (κ3) is 4.63. The van der Waals surface area contributed by atoms with Gasteiger partial charge < -0.3 is 18.9 Å². The van der Waals surface area contributed by atoms with Crippen LogP contribution in [0.2, 0.25) is 0 Å². The molecule has 0 aromatic heterocycles. The minimum Gasteiger partial charge on any atom is -0.496 e. The van der Waals surface area contributed by atoms with Crippen LogP contribution in [0.3, 0.4) is 0 Å². The van der Waals surface area contributed by atoms with Crippen LogP contribution in [0.25, 0.3) is 6.08 Å². The van der Waals surface area contributed by atoms with E-state index in [4.69, 9.17) is 30.5 Å². The molecule has 23 heavy (non-hydrogen) atoms. The van der Waals surface area contributed by atoms with Gasteiger partial charge in [0.1, 0.15) is 11.3 Å². The lowest BCUT2D eigenvalue weighted by Gasteiger charge is -2.13. The molecule has 0 saturated carbocycles. The Hall–Kier alpha value is -2.21. The fraction of sp³-hybridized carbons (Fsp3) is 0.375. The van der Waals surface area contributed by atoms with E-state index in [1.54, 1.807) is 19.1 Å². The first-order valence-corrected chi connectivity index (χ1v) is 7.33. The zero-order valence-electron chi connectivity index (χ0n) is 13.5. The molecule has 0 saturated heterocycles. The molecule has 126 valence electrons. The van der Waals surface area contributed by atoms with Crippen LogP contribution in [0.5, 0.6) is 17.2 Å². The van der Waals surface area contributed by atoms with E-state index in [-0.39, 0.29) is 18.1 Å². The predicted octanol–water partition coefficient (Wildman–Crippen LogP) is 2.47. The minimum atomic E-state index is -0.741. The molecule has 0 aliphatic carbocycles. The molecular weight excluding hydrogens is 324 g/mol. The molecule has 0 aliphatic rings. The second-order valence-electron chi connectivity index (χ2n) is 4.28. The predicted molar refractivity (Wildman–Crippen MR) is 86.4 cm³/mol. The fourth-order valence-electron chi connectivity index (χ4n) is 1.86. The maximum atomic E-state index is 12.0. The van der Waals surface area contributed by atoms with Gasteiger partial charge in [0, 0.05) is 11.6 Å². The summed E-state index contributed by atoms with van der Waals surface area (Å²) in [7, 11) is 4.44. The minimum absolute atomic E-state index is 0.148. The van der Waals surface area contributed by atoms with Crippen LogP contribution in [-0.4, -0.2) is 45.6 Å². The quantitative estimate of drug-likeness (QED) is 0.238. The van der Waals surface area contributed by atoms with Crippen LogP contribution in [0.1, 0.15) is 12.5 Å². The molecule has 0 heterocycles. The topological polar surface area (TPSA) is 71.1 Å². The number of hydrogen-bond acceptors (Lipinski definition) is 6. The maximum Gasteiger partial charge on any atom is 0.341 e. The standard InChI is InChI=1S/C16H19ClO6/c1-5-23-16(19)11(12(18)9-17)6-10-7-14(21-3)15(22-4)8-13(10)20-2/h6-8H,5,9H2,1-4H3. The number of rotatable bonds is 8. The van der Waals surface area contributed by atoms with Crippen LogP contribution >= 0.6 is 11.6 Å². The van der Waals surface area contributed by atoms with E-state index in [0.29, 0.717) is 22.8 Å². The van der Waals surface area contributed by atoms with Crippen LogP contribution < -0.4 is 14.2 Å². The van der Waals surface area contributed by atoms with Gasteiger partial charge in [-0.1, -0.05) is 0 Å². The van der Waals surface area contributed by atoms with Crippen molar-refractivity contribution in [1.29, 1.82) is 0 Å². The summed E-state index contributed by atoms with van der Waals surface area (Å²) in [5.74, 6) is -0.312. The number of carbonyl (C=O) groups excluding carboxylic acids is 2. The van der Waals surface area contributed by atoms with Gasteiger partial charge in [-0.2, -0.15) is 0 Å². The maximum absolute atomic E-state index is 12.0. The van der Waals surface area contributed by atoms with Gasteiger partial charge in [-0.3, -0.25) is 4.79 Å². The van der Waals surface area contributed by atoms with Crippen molar-refractivity contribution in [2.75, 3.05) is 33.8 Å². The van der Waals surface area contributed by atoms with Gasteiger partial charge in [0.25, 0.3) is 0 Å². The van der Waals surface area contributed by atoms with Crippen molar-refractivity contribution in [3.8, 4) is 17.2 Å². The number of benzene rings is 1. The highest BCUT2D eigenvalue weighted by Gasteiger charge is 2.20. The summed E-state index contributed by atoms with van der Waals surface area (Å²) in [5, 5.41) is 0. The van der Waals surface area contributed by atoms with Gasteiger partial charge in [-0.25, -0.2) is 4.79 Å². The third-order valence-corrected chi connectivity index (χ3v) is 3.20. The van der Waals surface area contributed by atoms with Crippen molar-refractivity contribution in [1.82, 2.24) is 0 Å². The molecule has 7 heteroatoms. The van der Waals surface area contributed by atoms with Crippen molar-refractivity contribution in [2.45, 2.75) is 6.92 Å². The van der Waals surface area contributed by atoms with E-state index in [1.807, 2.05) is 0 Å². The number of ketones is 1. The summed E-state index contributed by atoms with van der Waals surface area (Å²) in [6, 6.07) is 3.19. The zero-order valence-corrected chi connectivity index (χ0v) is 14.2. The first-order valence-electron chi connectivity index (χ1n) is 6.80. The lowest BCUT2D eigenvalue weighted by Crippen LogP contribution is -2.17. The van der Waals surface area contributed by atoms with Crippen molar-refractivity contribution >= 4 is 29.4 Å². The summed E-state index contributed by atoms with van der Waals surface area (Å²) in [6.07, 6.45) is 1.36. The number of alkyl halides is 1. The van der Waals surface area contributed by atoms with E-state index < -0.39 is 11.8 Å². The van der Waals surface area contributed by atoms with Gasteiger partial charge >= 0.3 is 5.97 Å². The molecule has 0 unspecified atom stereocenters. The molecule has 0 atom stereocenters. The van der Waals surface area contributed by atoms with Crippen molar-refractivity contribution in [2.24, 2.45) is 0 Å². The Morgan fingerprint density at radius 1 is 1.04 bits per heavy atom. The smallest absolute Gasteiger partial charge is 0.341 e. The molecular formula is C16H19ClO6. The number of ether oxygens (including phenoxy) is 4. The third-order valence-electron chi connectivity index (χ3n) is 2.95. The summed E-state index contributed by atoms with van der Waals surface area (Å²) in [5.41, 5.74) is 0.305. The van der Waals surface area contributed by atoms with Gasteiger partial charge in [0.05, 0.1) is 33.8 Å². The number of halogens is 1. The number of methoxy groups -OCH3 is 3. The van der Waals surface area contributed by atoms with Crippen LogP contribution in [0.4, 0.5) is 0 Å². The van der Waals surface area contributed by atoms with Crippen molar-refractivity contribution < 1.29 is 28.5 Å². The van der Waals surface area contributed by atoms with E-state index >= 15 is 0 Å². The van der Waals surface area contributed by atoms with Gasteiger partial charge in [-0.05, 0) is 19.1 Å². The summed E-state index contributed by atoms with van der Waals surface area (Å²) < 4.78 is 20.6. The van der Waals surface area contributed by atoms with Crippen LogP contribution in [-0.2, 0) is 14.3 Å². The van der Waals surface area contributed by atoms with Gasteiger partial charge in [-0.15, -0.1) is 11.6 Å². The highest BCUT2D eigenvalue weighted by Crippen LogP contribution is 2.35. The molecule has 1 aromatic carbocycles. The molecule has 0 radical (unpaired) electrons. The highest BCUT2D eigenvalue weighted by molar-refractivity contribution is 6.35. The first kappa shape index (κ1) is 18.8. The SMILES string of the molecule is CCOC(=O)C(=Cc1cc(OC)c(OC)cc1OC)C(=O)CCl. The van der Waals surface area contributed by atoms with Crippen LogP contribution in [0, 0.1) is 0 Å². The Labute approximate surface area is 139 Å². The van der Waals surface area contributed by atoms with E-state index in [2.05, 4.69) is 0 Å². The molecule has 0 amide bonds. The molecule has 0 fully saturated rings. The summed E-state index contributed by atoms with van der Waals surface area (Å²) >= 11 is 5.56. The van der Waals surface area contributed by atoms with Crippen molar-refractivity contribution in [3.05, 3.63) is 23.3 Å². The normalized spacial score (nSPS) is 10.9. The second kappa shape index (κ2) is 9.05. The number of esters is 1. The molecule has 6 nitrogen and oxygen atoms in total. The largest absolute Gasteiger partial charge is 0.496 e. The zero-order chi connectivity index (χ0) is 17.4. The summed E-state index contributed by atoms with van der Waals surface area (Å²) in [4.78, 5) is 23.9. The number of hydrogen-bond donors (Lipinski definition) is 0. The molecule has 0 bridgehead atoms. The lowest BCUT2D eigenvalue weighted by atomic mass is 10.1. The molecule has 0 spiro atoms. The van der Waals surface area contributed by atoms with E-state index in [0.717, 1.165) is 0 Å². The molecule has 0 aliphatic heterocycles. The summed E-state index contributed by atoms with van der Waals surface area (Å²) in [6.45, 7) is 1.80. The Morgan fingerprint density at radius 3 is 2.09 bits per heavy atom. The number of carbonyl (C=O) groups is 2. The van der Waals surface area contributed by atoms with E-state index in [9.17, 15) is 9.59 Å². The Kier molecular flexibility index (Phi) is 7.41. The Bertz CT molecular complexity index is 609. The van der Waals surface area contributed by atoms with Crippen LogP contribution in [0.15, 0.2) is 17.7 Å². The second-order valence-corrected chi connectivity index (χ2v) is 4.55. The fourth-order valence-corrected chi connectivity index (χ4v) is 2.00. The number of Topliss-reactive ketones (excluding diaryl/α,β-unsaturated/α-hetero) is 1. The Morgan fingerprint density at radius 2 is 1.61 bits per heavy atom. The first-order chi connectivity index (χ1) is 11.0. The van der Waals surface area contributed by atoms with Crippen molar-refractivity contribution in [3.63, 3.8) is 0 Å². The highest BCUT2D eigenvalue weighted by atomic mass is 35.5. The Balaban J connectivity index is 3.44. The van der Waals surface area contributed by atoms with Gasteiger partial charge in [0.2, 0.25) is 0 Å². The monoisotopic (exact) mass is 342 g/mol. The van der Waals surface area contributed by atoms with E-state index in [1.165, 1.54) is 27.4 Å². The average Bonchev–Trinajstić information content (AvgIpc) is 2.58. The average molecular weight is 343 g/mol. The molecule has 1 rings (SSSR count). The lowest BCUT2D eigenvalue weighted by molar-refractivity contribution is -0.139.